The average molecular weight is 690 g/mol. The molecule has 0 radical (unpaired) electrons. The maximum atomic E-state index is 14.6. The van der Waals surface area contributed by atoms with E-state index in [2.05, 4.69) is 5.32 Å². The smallest absolute Gasteiger partial charge is 0.264 e. The van der Waals surface area contributed by atoms with Crippen LogP contribution in [-0.4, -0.2) is 64.6 Å². The van der Waals surface area contributed by atoms with Crippen LogP contribution in [0.15, 0.2) is 102 Å². The van der Waals surface area contributed by atoms with Crippen molar-refractivity contribution < 1.29 is 36.6 Å². The van der Waals surface area contributed by atoms with E-state index in [0.29, 0.717) is 30.2 Å². The minimum Gasteiger partial charge on any atom is -0.497 e. The van der Waals surface area contributed by atoms with Crippen LogP contribution in [0.2, 0.25) is 0 Å². The number of fused-ring (bicyclic) bond motifs is 1. The minimum atomic E-state index is -4.43. The molecule has 1 aliphatic rings. The Hall–Kier alpha value is -5.10. The molecule has 0 spiro atoms. The number of amides is 2. The van der Waals surface area contributed by atoms with Gasteiger partial charge in [-0.3, -0.25) is 13.9 Å². The molecule has 4 aromatic rings. The van der Waals surface area contributed by atoms with Crippen molar-refractivity contribution in [2.75, 3.05) is 37.7 Å². The lowest BCUT2D eigenvalue weighted by molar-refractivity contribution is -0.140. The first-order chi connectivity index (χ1) is 23.5. The third-order valence-corrected chi connectivity index (χ3v) is 9.71. The van der Waals surface area contributed by atoms with Gasteiger partial charge in [-0.1, -0.05) is 56.3 Å². The largest absolute Gasteiger partial charge is 0.497 e. The third kappa shape index (κ3) is 8.88. The molecule has 258 valence electrons. The van der Waals surface area contributed by atoms with Crippen molar-refractivity contribution in [1.29, 1.82) is 0 Å². The summed E-state index contributed by atoms with van der Waals surface area (Å²) >= 11 is 0. The van der Waals surface area contributed by atoms with E-state index in [1.807, 2.05) is 44.2 Å². The van der Waals surface area contributed by atoms with Crippen molar-refractivity contribution in [1.82, 2.24) is 10.2 Å². The van der Waals surface area contributed by atoms with E-state index in [9.17, 15) is 22.4 Å². The van der Waals surface area contributed by atoms with E-state index in [0.717, 1.165) is 22.0 Å². The van der Waals surface area contributed by atoms with Gasteiger partial charge < -0.3 is 24.4 Å². The first kappa shape index (κ1) is 35.2. The zero-order valence-electron chi connectivity index (χ0n) is 27.7. The molecule has 1 atom stereocenters. The van der Waals surface area contributed by atoms with Gasteiger partial charge >= 0.3 is 0 Å². The fraction of sp³-hybridized carbons (Fsp3) is 0.297. The van der Waals surface area contributed by atoms with Gasteiger partial charge in [0.15, 0.2) is 11.5 Å². The maximum Gasteiger partial charge on any atom is 0.264 e. The molecule has 0 fully saturated rings. The Balaban J connectivity index is 1.57. The summed E-state index contributed by atoms with van der Waals surface area (Å²) in [6.45, 7) is 4.18. The van der Waals surface area contributed by atoms with E-state index in [1.54, 1.807) is 24.3 Å². The maximum absolute atomic E-state index is 14.6. The Labute approximate surface area is 286 Å². The first-order valence-corrected chi connectivity index (χ1v) is 17.4. The summed E-state index contributed by atoms with van der Waals surface area (Å²) in [4.78, 5) is 29.8. The Kier molecular flexibility index (Phi) is 11.4. The number of benzene rings is 4. The molecular formula is C37H40FN3O7S. The number of methoxy groups -OCH3 is 1. The summed E-state index contributed by atoms with van der Waals surface area (Å²) in [7, 11) is -2.90. The lowest BCUT2D eigenvalue weighted by Gasteiger charge is -2.34. The van der Waals surface area contributed by atoms with Crippen molar-refractivity contribution in [2.24, 2.45) is 5.92 Å². The highest BCUT2D eigenvalue weighted by atomic mass is 32.2. The summed E-state index contributed by atoms with van der Waals surface area (Å²) in [5.74, 6) is -0.240. The second-order valence-electron chi connectivity index (χ2n) is 12.0. The van der Waals surface area contributed by atoms with Crippen molar-refractivity contribution >= 4 is 27.5 Å². The minimum absolute atomic E-state index is 0.0238. The zero-order chi connectivity index (χ0) is 35.0. The number of nitrogens with one attached hydrogen (secondary N) is 1. The van der Waals surface area contributed by atoms with Gasteiger partial charge in [0.2, 0.25) is 11.8 Å². The number of sulfonamides is 1. The predicted molar refractivity (Wildman–Crippen MR) is 184 cm³/mol. The summed E-state index contributed by atoms with van der Waals surface area (Å²) in [6.07, 6.45) is 0.173. The van der Waals surface area contributed by atoms with Gasteiger partial charge in [-0.05, 0) is 65.6 Å². The van der Waals surface area contributed by atoms with Crippen LogP contribution in [0.5, 0.6) is 17.2 Å². The number of hydrogen-bond acceptors (Lipinski definition) is 7. The van der Waals surface area contributed by atoms with Crippen LogP contribution < -0.4 is 23.8 Å². The summed E-state index contributed by atoms with van der Waals surface area (Å²) < 4.78 is 60.3. The van der Waals surface area contributed by atoms with Gasteiger partial charge in [0, 0.05) is 25.6 Å². The average Bonchev–Trinajstić information content (AvgIpc) is 3.11. The van der Waals surface area contributed by atoms with Crippen molar-refractivity contribution in [2.45, 2.75) is 37.8 Å². The molecule has 49 heavy (non-hydrogen) atoms. The molecule has 4 aromatic carbocycles. The fourth-order valence-corrected chi connectivity index (χ4v) is 6.82. The third-order valence-electron chi connectivity index (χ3n) is 7.94. The molecular weight excluding hydrogens is 649 g/mol. The molecule has 0 unspecified atom stereocenters. The van der Waals surface area contributed by atoms with Crippen molar-refractivity contribution in [3.63, 3.8) is 0 Å². The van der Waals surface area contributed by atoms with Crippen LogP contribution >= 0.6 is 0 Å². The van der Waals surface area contributed by atoms with Crippen molar-refractivity contribution in [3.05, 3.63) is 114 Å². The highest BCUT2D eigenvalue weighted by molar-refractivity contribution is 7.92. The zero-order valence-corrected chi connectivity index (χ0v) is 28.5. The monoisotopic (exact) mass is 689 g/mol. The summed E-state index contributed by atoms with van der Waals surface area (Å²) in [6, 6.07) is 24.4. The molecule has 12 heteroatoms. The van der Waals surface area contributed by atoms with E-state index in [1.165, 1.54) is 42.3 Å². The topological polar surface area (TPSA) is 114 Å². The van der Waals surface area contributed by atoms with Crippen LogP contribution in [0.25, 0.3) is 0 Å². The highest BCUT2D eigenvalue weighted by Gasteiger charge is 2.35. The van der Waals surface area contributed by atoms with Gasteiger partial charge in [-0.25, -0.2) is 12.8 Å². The lowest BCUT2D eigenvalue weighted by atomic mass is 10.0. The van der Waals surface area contributed by atoms with E-state index < -0.39 is 34.3 Å². The molecule has 0 saturated heterocycles. The second kappa shape index (κ2) is 15.9. The van der Waals surface area contributed by atoms with Crippen LogP contribution in [0.3, 0.4) is 0 Å². The van der Waals surface area contributed by atoms with E-state index in [4.69, 9.17) is 14.2 Å². The normalized spacial score (nSPS) is 13.0. The fourth-order valence-electron chi connectivity index (χ4n) is 5.39. The second-order valence-corrected chi connectivity index (χ2v) is 13.9. The van der Waals surface area contributed by atoms with Gasteiger partial charge in [-0.15, -0.1) is 0 Å². The number of carbonyl (C=O) groups is 2. The molecule has 5 rings (SSSR count). The number of anilines is 1. The Morgan fingerprint density at radius 1 is 0.878 bits per heavy atom. The van der Waals surface area contributed by atoms with Gasteiger partial charge in [0.05, 0.1) is 17.7 Å². The number of nitrogens with zero attached hydrogens (tertiary/aromatic N) is 2. The summed E-state index contributed by atoms with van der Waals surface area (Å²) in [5.41, 5.74) is 1.55. The van der Waals surface area contributed by atoms with Gasteiger partial charge in [-0.2, -0.15) is 0 Å². The SMILES string of the molecule is COc1cccc(CN(C(=O)CN(c2ccc(F)cc2)S(=O)(=O)c2ccc3c(c2)OCCO3)[C@@H](Cc2ccccc2)C(=O)NCC(C)C)c1. The Morgan fingerprint density at radius 2 is 1.57 bits per heavy atom. The quantitative estimate of drug-likeness (QED) is 0.193. The first-order valence-electron chi connectivity index (χ1n) is 16.0. The van der Waals surface area contributed by atoms with Crippen LogP contribution in [0.1, 0.15) is 25.0 Å². The van der Waals surface area contributed by atoms with Gasteiger partial charge in [0.1, 0.15) is 37.4 Å². The summed E-state index contributed by atoms with van der Waals surface area (Å²) in [5, 5.41) is 2.97. The molecule has 2 amide bonds. The molecule has 0 aliphatic carbocycles. The Bertz CT molecular complexity index is 1850. The number of hydrogen-bond donors (Lipinski definition) is 1. The Morgan fingerprint density at radius 3 is 2.27 bits per heavy atom. The number of rotatable bonds is 14. The van der Waals surface area contributed by atoms with Crippen LogP contribution in [0.4, 0.5) is 10.1 Å². The predicted octanol–water partition coefficient (Wildman–Crippen LogP) is 5.21. The molecule has 0 bridgehead atoms. The van der Waals surface area contributed by atoms with E-state index in [-0.39, 0.29) is 47.7 Å². The molecule has 1 N–H and O–H groups in total. The van der Waals surface area contributed by atoms with Crippen LogP contribution in [0, 0.1) is 11.7 Å². The molecule has 0 aromatic heterocycles. The van der Waals surface area contributed by atoms with Crippen LogP contribution in [-0.2, 0) is 32.6 Å². The van der Waals surface area contributed by atoms with E-state index >= 15 is 0 Å². The van der Waals surface area contributed by atoms with Crippen molar-refractivity contribution in [3.8, 4) is 17.2 Å². The number of halogens is 1. The van der Waals surface area contributed by atoms with Gasteiger partial charge in [0.25, 0.3) is 10.0 Å². The molecule has 0 saturated carbocycles. The highest BCUT2D eigenvalue weighted by Crippen LogP contribution is 2.34. The molecule has 10 nitrogen and oxygen atoms in total. The standard InChI is InChI=1S/C37H40FN3O7S/c1-26(2)23-39-37(43)33(21-27-8-5-4-6-9-27)40(24-28-10-7-11-31(20-28)46-3)36(42)25-41(30-14-12-29(38)13-15-30)49(44,45)32-16-17-34-35(22-32)48-19-18-47-34/h4-17,20,22,26,33H,18-19,21,23-25H2,1-3H3,(H,39,43)/t33-/m0/s1. The number of ether oxygens (including phenoxy) is 3. The molecule has 1 heterocycles. The molecule has 1 aliphatic heterocycles. The lowest BCUT2D eigenvalue weighted by Crippen LogP contribution is -2.53. The number of carbonyl (C=O) groups excluding carboxylic acids is 2.